The third-order valence-electron chi connectivity index (χ3n) is 5.35. The van der Waals surface area contributed by atoms with E-state index in [1.807, 2.05) is 0 Å². The van der Waals surface area contributed by atoms with Crippen LogP contribution in [-0.2, 0) is 19.3 Å². The van der Waals surface area contributed by atoms with E-state index in [0.29, 0.717) is 0 Å². The highest BCUT2D eigenvalue weighted by molar-refractivity contribution is 9.11. The molecule has 3 aromatic rings. The zero-order valence-corrected chi connectivity index (χ0v) is 19.0. The van der Waals surface area contributed by atoms with E-state index in [2.05, 4.69) is 109 Å². The monoisotopic (exact) mass is 498 g/mol. The molecule has 1 N–H and O–H groups in total. The number of fused-ring (bicyclic) bond motifs is 2. The first kappa shape index (κ1) is 19.5. The summed E-state index contributed by atoms with van der Waals surface area (Å²) in [7, 11) is 0. The average molecular weight is 500 g/mol. The summed E-state index contributed by atoms with van der Waals surface area (Å²) in [4.78, 5) is 2.49. The molecule has 2 heterocycles. The SMILES string of the molecule is Brc1cccc2c1N(CCc1ccccc1)CC2.Brc1cccc2c1NCC2. The number of benzene rings is 3. The summed E-state index contributed by atoms with van der Waals surface area (Å²) in [6, 6.07) is 23.5. The number of hydrogen-bond donors (Lipinski definition) is 1. The predicted molar refractivity (Wildman–Crippen MR) is 127 cm³/mol. The van der Waals surface area contributed by atoms with Crippen molar-refractivity contribution < 1.29 is 0 Å². The van der Waals surface area contributed by atoms with Gasteiger partial charge in [-0.2, -0.15) is 0 Å². The van der Waals surface area contributed by atoms with Crippen molar-refractivity contribution in [1.29, 1.82) is 0 Å². The number of hydrogen-bond acceptors (Lipinski definition) is 2. The molecule has 28 heavy (non-hydrogen) atoms. The second kappa shape index (κ2) is 9.15. The highest BCUT2D eigenvalue weighted by atomic mass is 79.9. The van der Waals surface area contributed by atoms with Gasteiger partial charge in [0.15, 0.2) is 0 Å². The lowest BCUT2D eigenvalue weighted by Crippen LogP contribution is -2.23. The molecule has 0 fully saturated rings. The summed E-state index contributed by atoms with van der Waals surface area (Å²) < 4.78 is 2.41. The van der Waals surface area contributed by atoms with Crippen molar-refractivity contribution in [2.45, 2.75) is 19.3 Å². The van der Waals surface area contributed by atoms with Crippen LogP contribution in [-0.4, -0.2) is 19.6 Å². The van der Waals surface area contributed by atoms with Gasteiger partial charge in [-0.3, -0.25) is 0 Å². The van der Waals surface area contributed by atoms with Crippen LogP contribution in [0, 0.1) is 0 Å². The summed E-state index contributed by atoms with van der Waals surface area (Å²) >= 11 is 7.16. The van der Waals surface area contributed by atoms with Gasteiger partial charge in [0.05, 0.1) is 11.4 Å². The van der Waals surface area contributed by atoms with Crippen LogP contribution in [0.4, 0.5) is 11.4 Å². The van der Waals surface area contributed by atoms with Crippen molar-refractivity contribution in [2.24, 2.45) is 0 Å². The van der Waals surface area contributed by atoms with Gasteiger partial charge in [0.25, 0.3) is 0 Å². The summed E-state index contributed by atoms with van der Waals surface area (Å²) in [5.74, 6) is 0. The molecule has 0 aliphatic carbocycles. The molecular weight excluding hydrogens is 476 g/mol. The highest BCUT2D eigenvalue weighted by Gasteiger charge is 2.20. The second-order valence-corrected chi connectivity index (χ2v) is 8.88. The van der Waals surface area contributed by atoms with Gasteiger partial charge >= 0.3 is 0 Å². The van der Waals surface area contributed by atoms with E-state index >= 15 is 0 Å². The Bertz CT molecular complexity index is 941. The molecule has 0 unspecified atom stereocenters. The predicted octanol–water partition coefficient (Wildman–Crippen LogP) is 6.47. The van der Waals surface area contributed by atoms with E-state index in [0.717, 1.165) is 32.5 Å². The fourth-order valence-electron chi connectivity index (χ4n) is 3.91. The molecule has 0 spiro atoms. The topological polar surface area (TPSA) is 15.3 Å². The molecule has 0 radical (unpaired) electrons. The van der Waals surface area contributed by atoms with Gasteiger partial charge in [0.2, 0.25) is 0 Å². The smallest absolute Gasteiger partial charge is 0.0544 e. The molecule has 0 saturated carbocycles. The zero-order valence-electron chi connectivity index (χ0n) is 15.8. The van der Waals surface area contributed by atoms with Crippen LogP contribution in [0.5, 0.6) is 0 Å². The normalized spacial score (nSPS) is 14.0. The van der Waals surface area contributed by atoms with Crippen LogP contribution in [0.25, 0.3) is 0 Å². The molecule has 0 atom stereocenters. The molecule has 0 bridgehead atoms. The Kier molecular flexibility index (Phi) is 6.38. The van der Waals surface area contributed by atoms with Crippen molar-refractivity contribution >= 4 is 43.2 Å². The maximum absolute atomic E-state index is 3.67. The molecule has 0 aromatic heterocycles. The lowest BCUT2D eigenvalue weighted by Gasteiger charge is -2.20. The Morgan fingerprint density at radius 1 is 0.786 bits per heavy atom. The average Bonchev–Trinajstić information content (AvgIpc) is 3.36. The fourth-order valence-corrected chi connectivity index (χ4v) is 5.12. The molecular formula is C24H24Br2N2. The van der Waals surface area contributed by atoms with E-state index < -0.39 is 0 Å². The van der Waals surface area contributed by atoms with Crippen molar-refractivity contribution in [2.75, 3.05) is 29.9 Å². The van der Waals surface area contributed by atoms with Crippen LogP contribution < -0.4 is 10.2 Å². The molecule has 144 valence electrons. The van der Waals surface area contributed by atoms with Crippen molar-refractivity contribution in [3.8, 4) is 0 Å². The van der Waals surface area contributed by atoms with Crippen molar-refractivity contribution in [3.63, 3.8) is 0 Å². The van der Waals surface area contributed by atoms with Crippen molar-refractivity contribution in [3.05, 3.63) is 92.4 Å². The van der Waals surface area contributed by atoms with E-state index in [1.165, 1.54) is 43.4 Å². The Hall–Kier alpha value is -1.78. The zero-order chi connectivity index (χ0) is 19.3. The minimum Gasteiger partial charge on any atom is -0.384 e. The fraction of sp³-hybridized carbons (Fsp3) is 0.250. The number of para-hydroxylation sites is 2. The number of anilines is 2. The minimum absolute atomic E-state index is 1.08. The largest absolute Gasteiger partial charge is 0.384 e. The van der Waals surface area contributed by atoms with Crippen LogP contribution in [0.15, 0.2) is 75.7 Å². The van der Waals surface area contributed by atoms with Crippen molar-refractivity contribution in [1.82, 2.24) is 0 Å². The third kappa shape index (κ3) is 4.44. The van der Waals surface area contributed by atoms with Crippen LogP contribution >= 0.6 is 31.9 Å². The first-order valence-corrected chi connectivity index (χ1v) is 11.4. The molecule has 4 heteroatoms. The Balaban J connectivity index is 0.000000162. The maximum atomic E-state index is 3.67. The molecule has 3 aromatic carbocycles. The number of nitrogens with one attached hydrogen (secondary N) is 1. The van der Waals surface area contributed by atoms with E-state index in [1.54, 1.807) is 0 Å². The Morgan fingerprint density at radius 3 is 2.32 bits per heavy atom. The molecule has 0 amide bonds. The highest BCUT2D eigenvalue weighted by Crippen LogP contribution is 2.35. The summed E-state index contributed by atoms with van der Waals surface area (Å²) in [6.45, 7) is 3.32. The molecule has 2 aliphatic rings. The van der Waals surface area contributed by atoms with Gasteiger partial charge in [-0.05, 0) is 79.9 Å². The molecule has 0 saturated heterocycles. The lowest BCUT2D eigenvalue weighted by molar-refractivity contribution is 0.812. The van der Waals surface area contributed by atoms with Gasteiger partial charge in [-0.15, -0.1) is 0 Å². The Labute approximate surface area is 184 Å². The van der Waals surface area contributed by atoms with E-state index in [4.69, 9.17) is 0 Å². The van der Waals surface area contributed by atoms with Gasteiger partial charge in [-0.1, -0.05) is 54.6 Å². The first-order chi connectivity index (χ1) is 13.7. The quantitative estimate of drug-likeness (QED) is 0.444. The second-order valence-electron chi connectivity index (χ2n) is 7.17. The van der Waals surface area contributed by atoms with Crippen LogP contribution in [0.1, 0.15) is 16.7 Å². The summed E-state index contributed by atoms with van der Waals surface area (Å²) in [5, 5.41) is 3.32. The molecule has 2 aliphatic heterocycles. The van der Waals surface area contributed by atoms with Crippen LogP contribution in [0.2, 0.25) is 0 Å². The number of rotatable bonds is 3. The number of halogens is 2. The van der Waals surface area contributed by atoms with Gasteiger partial charge < -0.3 is 10.2 Å². The first-order valence-electron chi connectivity index (χ1n) is 9.80. The van der Waals surface area contributed by atoms with Gasteiger partial charge in [0, 0.05) is 28.6 Å². The molecule has 5 rings (SSSR count). The van der Waals surface area contributed by atoms with Crippen LogP contribution in [0.3, 0.4) is 0 Å². The van der Waals surface area contributed by atoms with E-state index in [9.17, 15) is 0 Å². The van der Waals surface area contributed by atoms with E-state index in [-0.39, 0.29) is 0 Å². The standard InChI is InChI=1S/C16H16BrN.C8H8BrN/c17-15-8-4-7-14-10-12-18(16(14)15)11-9-13-5-2-1-3-6-13;9-7-3-1-2-6-4-5-10-8(6)7/h1-8H,9-12H2;1-3,10H,4-5H2. The minimum atomic E-state index is 1.08. The lowest BCUT2D eigenvalue weighted by atomic mass is 10.1. The van der Waals surface area contributed by atoms with Gasteiger partial charge in [0.1, 0.15) is 0 Å². The number of nitrogens with zero attached hydrogens (tertiary/aromatic N) is 1. The maximum Gasteiger partial charge on any atom is 0.0544 e. The van der Waals surface area contributed by atoms with Gasteiger partial charge in [-0.25, -0.2) is 0 Å². The molecule has 2 nitrogen and oxygen atoms in total. The Morgan fingerprint density at radius 2 is 1.54 bits per heavy atom. The summed E-state index contributed by atoms with van der Waals surface area (Å²) in [5.41, 5.74) is 6.99. The third-order valence-corrected chi connectivity index (χ3v) is 6.65. The summed E-state index contributed by atoms with van der Waals surface area (Å²) in [6.07, 6.45) is 3.44.